The molecular formula is C20H19KN6O7S2. The maximum Gasteiger partial charge on any atom is 1.00 e. The van der Waals surface area contributed by atoms with Crippen molar-refractivity contribution in [3.63, 3.8) is 0 Å². The Labute approximate surface area is 255 Å². The number of aliphatic carboxylic acids is 1. The van der Waals surface area contributed by atoms with Gasteiger partial charge in [-0.1, -0.05) is 12.1 Å². The van der Waals surface area contributed by atoms with Crippen LogP contribution in [0.25, 0.3) is 0 Å². The van der Waals surface area contributed by atoms with Gasteiger partial charge in [-0.25, -0.2) is 0 Å². The van der Waals surface area contributed by atoms with E-state index in [-0.39, 0.29) is 67.5 Å². The van der Waals surface area contributed by atoms with Crippen molar-refractivity contribution in [2.24, 2.45) is 0 Å². The van der Waals surface area contributed by atoms with Crippen molar-refractivity contribution in [2.45, 2.75) is 42.1 Å². The number of hydrogen-bond acceptors (Lipinski definition) is 10. The standard InChI is InChI=1S/C20H20N6O7S2.K/c1-20(2)12(18(32)33)26-16(31)11(17(26)35-20)22-13(28)9(7-3-5-8(27)6-4-7)21-14(29)10-15(30)23-19(34)25-24-10;/h3-6,9,11-12,17,27H,1-2H3,(H,21,29)(H,22,28)(H,32,33)(H2,23,25,30,34);/q;+1/p-1/t9?,11-,12+,17-;/m1./s1. The van der Waals surface area contributed by atoms with Gasteiger partial charge in [0.1, 0.15) is 23.2 Å². The van der Waals surface area contributed by atoms with Crippen molar-refractivity contribution < 1.29 is 80.8 Å². The molecule has 2 aliphatic heterocycles. The summed E-state index contributed by atoms with van der Waals surface area (Å²) in [6.45, 7) is 3.33. The Morgan fingerprint density at radius 2 is 1.89 bits per heavy atom. The van der Waals surface area contributed by atoms with Gasteiger partial charge in [-0.2, -0.15) is 5.10 Å². The molecule has 3 amide bonds. The zero-order valence-corrected chi connectivity index (χ0v) is 24.0. The van der Waals surface area contributed by atoms with Crippen LogP contribution in [0.2, 0.25) is 0 Å². The van der Waals surface area contributed by atoms with Crippen molar-refractivity contribution in [3.8, 4) is 5.75 Å². The predicted octanol–water partition coefficient (Wildman–Crippen LogP) is -4.69. The Bertz CT molecular complexity index is 1350. The number of amides is 3. The van der Waals surface area contributed by atoms with Gasteiger partial charge in [0, 0.05) is 4.75 Å². The van der Waals surface area contributed by atoms with Crippen LogP contribution < -0.4 is 72.7 Å². The van der Waals surface area contributed by atoms with Crippen LogP contribution in [0.4, 0.5) is 0 Å². The number of hydrogen-bond donors (Lipinski definition) is 5. The third-order valence-electron chi connectivity index (χ3n) is 5.65. The number of H-pyrrole nitrogens is 2. The van der Waals surface area contributed by atoms with E-state index in [1.54, 1.807) is 13.8 Å². The molecule has 2 fully saturated rings. The molecule has 16 heteroatoms. The summed E-state index contributed by atoms with van der Waals surface area (Å²) in [5.74, 6) is -3.87. The number of carboxylic acids is 1. The topological polar surface area (TPSA) is 200 Å². The number of benzene rings is 1. The molecule has 5 N–H and O–H groups in total. The molecule has 4 atom stereocenters. The summed E-state index contributed by atoms with van der Waals surface area (Å²) in [7, 11) is 0. The Hall–Kier alpha value is -2.08. The zero-order chi connectivity index (χ0) is 25.7. The molecule has 2 saturated heterocycles. The van der Waals surface area contributed by atoms with Gasteiger partial charge in [-0.3, -0.25) is 29.3 Å². The molecular weight excluding hydrogens is 539 g/mol. The molecule has 0 spiro atoms. The maximum absolute atomic E-state index is 13.2. The maximum atomic E-state index is 13.2. The third-order valence-corrected chi connectivity index (χ3v) is 7.42. The first-order valence-electron chi connectivity index (χ1n) is 10.2. The number of fused-ring (bicyclic) bond motifs is 1. The SMILES string of the molecule is CC1(C)S[C@@H]2[C@H](NC(=O)C(NC(=O)c3n[nH]c(=S)[nH]c3=O)c3ccc(O)cc3)C(=O)N2[C@H]1C(=O)[O-].[K+]. The first-order chi connectivity index (χ1) is 16.4. The van der Waals surface area contributed by atoms with Crippen LogP contribution in [0.5, 0.6) is 5.75 Å². The summed E-state index contributed by atoms with van der Waals surface area (Å²) in [4.78, 5) is 65.7. The fourth-order valence-electron chi connectivity index (χ4n) is 4.03. The van der Waals surface area contributed by atoms with Crippen LogP contribution in [0, 0.1) is 4.77 Å². The van der Waals surface area contributed by atoms with Crippen LogP contribution >= 0.6 is 24.0 Å². The number of aromatic hydroxyl groups is 1. The molecule has 3 heterocycles. The summed E-state index contributed by atoms with van der Waals surface area (Å²) >= 11 is 5.96. The number of phenolic OH excluding ortho intramolecular Hbond substituents is 1. The van der Waals surface area contributed by atoms with E-state index >= 15 is 0 Å². The van der Waals surface area contributed by atoms with Gasteiger partial charge in [0.15, 0.2) is 4.77 Å². The van der Waals surface area contributed by atoms with Crippen molar-refractivity contribution in [1.82, 2.24) is 30.7 Å². The smallest absolute Gasteiger partial charge is 0.548 e. The molecule has 1 unspecified atom stereocenters. The Morgan fingerprint density at radius 3 is 2.47 bits per heavy atom. The average molecular weight is 559 g/mol. The van der Waals surface area contributed by atoms with Crippen LogP contribution in [-0.2, 0) is 14.4 Å². The Morgan fingerprint density at radius 1 is 1.25 bits per heavy atom. The molecule has 0 aliphatic carbocycles. The molecule has 0 bridgehead atoms. The summed E-state index contributed by atoms with van der Waals surface area (Å²) < 4.78 is -0.942. The largest absolute Gasteiger partial charge is 1.00 e. The van der Waals surface area contributed by atoms with Gasteiger partial charge in [0.25, 0.3) is 11.5 Å². The second-order valence-corrected chi connectivity index (χ2v) is 10.6. The number of thioether (sulfide) groups is 1. The van der Waals surface area contributed by atoms with Gasteiger partial charge in [-0.05, 0) is 43.8 Å². The molecule has 1 aromatic carbocycles. The minimum Gasteiger partial charge on any atom is -0.548 e. The molecule has 13 nitrogen and oxygen atoms in total. The number of carboxylic acid groups (broad SMARTS) is 1. The van der Waals surface area contributed by atoms with E-state index < -0.39 is 63.2 Å². The minimum absolute atomic E-state index is 0. The van der Waals surface area contributed by atoms with Crippen molar-refractivity contribution >= 4 is 47.7 Å². The van der Waals surface area contributed by atoms with Crippen LogP contribution in [0.3, 0.4) is 0 Å². The fraction of sp³-hybridized carbons (Fsp3) is 0.350. The third kappa shape index (κ3) is 5.29. The number of phenols is 1. The molecule has 1 aromatic heterocycles. The van der Waals surface area contributed by atoms with Crippen molar-refractivity contribution in [1.29, 1.82) is 0 Å². The molecule has 2 aliphatic rings. The summed E-state index contributed by atoms with van der Waals surface area (Å²) in [5.41, 5.74) is -1.21. The Kier molecular flexibility index (Phi) is 8.49. The molecule has 36 heavy (non-hydrogen) atoms. The summed E-state index contributed by atoms with van der Waals surface area (Å²) in [6, 6.07) is 1.76. The average Bonchev–Trinajstić information content (AvgIpc) is 3.04. The quantitative estimate of drug-likeness (QED) is 0.130. The normalized spacial score (nSPS) is 22.4. The fourth-order valence-corrected chi connectivity index (χ4v) is 5.79. The van der Waals surface area contributed by atoms with Gasteiger partial charge in [0.05, 0.1) is 12.0 Å². The molecule has 2 aromatic rings. The van der Waals surface area contributed by atoms with Crippen molar-refractivity contribution in [2.75, 3.05) is 0 Å². The van der Waals surface area contributed by atoms with Crippen LogP contribution in [0.1, 0.15) is 35.9 Å². The summed E-state index contributed by atoms with van der Waals surface area (Å²) in [6.07, 6.45) is 0. The molecule has 0 saturated carbocycles. The number of rotatable bonds is 6. The zero-order valence-electron chi connectivity index (χ0n) is 19.2. The second kappa shape index (κ2) is 10.7. The van der Waals surface area contributed by atoms with Crippen molar-refractivity contribution in [3.05, 3.63) is 50.6 Å². The van der Waals surface area contributed by atoms with E-state index in [9.17, 15) is 34.2 Å². The van der Waals surface area contributed by atoms with E-state index in [1.165, 1.54) is 36.0 Å². The minimum atomic E-state index is -1.39. The molecule has 184 valence electrons. The first-order valence-corrected chi connectivity index (χ1v) is 11.5. The van der Waals surface area contributed by atoms with Gasteiger partial charge < -0.3 is 30.5 Å². The van der Waals surface area contributed by atoms with E-state index in [0.29, 0.717) is 0 Å². The number of β-lactam (4-membered cyclic amide) rings is 1. The number of carbonyl (C=O) groups is 4. The predicted molar refractivity (Wildman–Crippen MR) is 121 cm³/mol. The van der Waals surface area contributed by atoms with E-state index in [1.807, 2.05) is 0 Å². The van der Waals surface area contributed by atoms with Gasteiger partial charge >= 0.3 is 51.4 Å². The van der Waals surface area contributed by atoms with E-state index in [4.69, 9.17) is 12.2 Å². The first kappa shape index (κ1) is 28.5. The van der Waals surface area contributed by atoms with Crippen LogP contribution in [-0.4, -0.2) is 71.1 Å². The van der Waals surface area contributed by atoms with Gasteiger partial charge in [0.2, 0.25) is 17.5 Å². The Balaban J connectivity index is 0.00000361. The number of aromatic amines is 2. The molecule has 0 radical (unpaired) electrons. The van der Waals surface area contributed by atoms with Gasteiger partial charge in [-0.15, -0.1) is 11.8 Å². The summed E-state index contributed by atoms with van der Waals surface area (Å²) in [5, 5.41) is 31.4. The second-order valence-electron chi connectivity index (χ2n) is 8.42. The number of nitrogens with zero attached hydrogens (tertiary/aromatic N) is 2. The number of nitrogens with one attached hydrogen (secondary N) is 4. The molecule has 4 rings (SSSR count). The van der Waals surface area contributed by atoms with E-state index in [2.05, 4.69) is 25.8 Å². The van der Waals surface area contributed by atoms with Crippen LogP contribution in [0.15, 0.2) is 29.1 Å². The monoisotopic (exact) mass is 558 g/mol. The number of aromatic nitrogens is 3. The van der Waals surface area contributed by atoms with E-state index in [0.717, 1.165) is 4.90 Å². The number of carbonyl (C=O) groups excluding carboxylic acids is 4.